The molecule has 3 atom stereocenters. The number of fused-ring (bicyclic) bond motifs is 2. The van der Waals surface area contributed by atoms with Gasteiger partial charge >= 0.3 is 0 Å². The van der Waals surface area contributed by atoms with Crippen molar-refractivity contribution in [1.29, 1.82) is 0 Å². The number of benzene rings is 2. The Labute approximate surface area is 183 Å². The van der Waals surface area contributed by atoms with Crippen LogP contribution in [0.3, 0.4) is 0 Å². The molecule has 0 unspecified atom stereocenters. The molecule has 1 aromatic heterocycles. The average Bonchev–Trinajstić information content (AvgIpc) is 3.47. The molecule has 0 radical (unpaired) electrons. The van der Waals surface area contributed by atoms with Crippen molar-refractivity contribution in [1.82, 2.24) is 9.88 Å². The van der Waals surface area contributed by atoms with Gasteiger partial charge in [-0.15, -0.1) is 0 Å². The second kappa shape index (κ2) is 8.75. The van der Waals surface area contributed by atoms with E-state index in [-0.39, 0.29) is 5.91 Å². The summed E-state index contributed by atoms with van der Waals surface area (Å²) in [5.41, 5.74) is 2.41. The van der Waals surface area contributed by atoms with Crippen molar-refractivity contribution in [3.05, 3.63) is 60.3 Å². The third-order valence-corrected chi connectivity index (χ3v) is 7.10. The summed E-state index contributed by atoms with van der Waals surface area (Å²) in [6, 6.07) is 15.3. The number of rotatable bonds is 7. The number of amides is 1. The molecule has 1 aliphatic heterocycles. The lowest BCUT2D eigenvalue weighted by Gasteiger charge is -2.17. The summed E-state index contributed by atoms with van der Waals surface area (Å²) in [4.78, 5) is 18.4. The first-order valence-electron chi connectivity index (χ1n) is 11.5. The van der Waals surface area contributed by atoms with Crippen LogP contribution < -0.4 is 10.1 Å². The molecule has 3 aromatic rings. The van der Waals surface area contributed by atoms with E-state index < -0.39 is 0 Å². The topological polar surface area (TPSA) is 57.4 Å². The first-order chi connectivity index (χ1) is 15.2. The van der Waals surface area contributed by atoms with Crippen molar-refractivity contribution < 1.29 is 9.53 Å². The van der Waals surface area contributed by atoms with Crippen LogP contribution in [0.4, 0.5) is 5.69 Å². The van der Waals surface area contributed by atoms with Gasteiger partial charge in [0.1, 0.15) is 5.75 Å². The van der Waals surface area contributed by atoms with Gasteiger partial charge in [0.15, 0.2) is 0 Å². The van der Waals surface area contributed by atoms with Crippen molar-refractivity contribution in [2.24, 2.45) is 17.8 Å². The quantitative estimate of drug-likeness (QED) is 0.558. The molecule has 0 spiro atoms. The Balaban J connectivity index is 1.18. The van der Waals surface area contributed by atoms with E-state index in [1.807, 2.05) is 54.7 Å². The van der Waals surface area contributed by atoms with Gasteiger partial charge in [0, 0.05) is 35.8 Å². The van der Waals surface area contributed by atoms with E-state index in [0.29, 0.717) is 5.56 Å². The van der Waals surface area contributed by atoms with Crippen molar-refractivity contribution in [3.63, 3.8) is 0 Å². The van der Waals surface area contributed by atoms with Gasteiger partial charge in [-0.2, -0.15) is 0 Å². The van der Waals surface area contributed by atoms with Crippen molar-refractivity contribution in [3.8, 4) is 5.75 Å². The summed E-state index contributed by atoms with van der Waals surface area (Å²) in [5.74, 6) is 3.35. The molecular weight excluding hydrogens is 386 g/mol. The minimum absolute atomic E-state index is 0.110. The minimum atomic E-state index is -0.110. The van der Waals surface area contributed by atoms with E-state index >= 15 is 0 Å². The minimum Gasteiger partial charge on any atom is -0.494 e. The lowest BCUT2D eigenvalue weighted by Crippen LogP contribution is -2.21. The summed E-state index contributed by atoms with van der Waals surface area (Å²) in [6.45, 7) is 6.80. The highest BCUT2D eigenvalue weighted by atomic mass is 16.5. The highest BCUT2D eigenvalue weighted by Crippen LogP contribution is 2.42. The van der Waals surface area contributed by atoms with Gasteiger partial charge in [0.25, 0.3) is 5.91 Å². The molecule has 31 heavy (non-hydrogen) atoms. The summed E-state index contributed by atoms with van der Waals surface area (Å²) < 4.78 is 6.12. The third-order valence-electron chi connectivity index (χ3n) is 7.10. The summed E-state index contributed by atoms with van der Waals surface area (Å²) >= 11 is 0. The van der Waals surface area contributed by atoms with Crippen LogP contribution in [0.2, 0.25) is 0 Å². The van der Waals surface area contributed by atoms with Gasteiger partial charge in [-0.1, -0.05) is 25.1 Å². The fourth-order valence-corrected chi connectivity index (χ4v) is 5.44. The number of anilines is 1. The molecule has 1 saturated carbocycles. The smallest absolute Gasteiger partial charge is 0.255 e. The van der Waals surface area contributed by atoms with Crippen molar-refractivity contribution >= 4 is 22.5 Å². The zero-order valence-electron chi connectivity index (χ0n) is 18.1. The summed E-state index contributed by atoms with van der Waals surface area (Å²) in [7, 11) is 0. The van der Waals surface area contributed by atoms with E-state index in [9.17, 15) is 4.79 Å². The van der Waals surface area contributed by atoms with Gasteiger partial charge in [-0.3, -0.25) is 4.79 Å². The first-order valence-corrected chi connectivity index (χ1v) is 11.5. The van der Waals surface area contributed by atoms with E-state index in [1.165, 1.54) is 32.5 Å². The Morgan fingerprint density at radius 2 is 1.90 bits per heavy atom. The number of likely N-dealkylation sites (tertiary alicyclic amines) is 1. The standard InChI is InChI=1S/C26H31N3O2/c1-2-29-16-20-12-18(13-21(20)17-29)10-11-31-22-8-9-24-23(14-22)25(15-27-24)28-26(30)19-6-4-3-5-7-19/h3-9,14-15,18,20-21,27H,2,10-13,16-17H2,1H3,(H,28,30)/t18-,20-,21+. The van der Waals surface area contributed by atoms with Gasteiger partial charge in [0.2, 0.25) is 0 Å². The Bertz CT molecular complexity index is 1030. The second-order valence-corrected chi connectivity index (χ2v) is 9.08. The first kappa shape index (κ1) is 20.1. The number of carbonyl (C=O) groups is 1. The number of aromatic amines is 1. The highest BCUT2D eigenvalue weighted by molar-refractivity contribution is 6.09. The zero-order chi connectivity index (χ0) is 21.2. The molecule has 2 fully saturated rings. The number of carbonyl (C=O) groups excluding carboxylic acids is 1. The van der Waals surface area contributed by atoms with Crippen LogP contribution in [0.25, 0.3) is 10.9 Å². The fourth-order valence-electron chi connectivity index (χ4n) is 5.44. The van der Waals surface area contributed by atoms with Crippen LogP contribution in [0.5, 0.6) is 5.75 Å². The predicted molar refractivity (Wildman–Crippen MR) is 125 cm³/mol. The lowest BCUT2D eigenvalue weighted by molar-refractivity contribution is 0.102. The molecule has 0 bridgehead atoms. The fraction of sp³-hybridized carbons (Fsp3) is 0.423. The predicted octanol–water partition coefficient (Wildman–Crippen LogP) is 5.17. The van der Waals surface area contributed by atoms with Gasteiger partial charge in [0.05, 0.1) is 12.3 Å². The Morgan fingerprint density at radius 3 is 2.65 bits per heavy atom. The molecular formula is C26H31N3O2. The molecule has 5 rings (SSSR count). The summed E-state index contributed by atoms with van der Waals surface area (Å²) in [6.07, 6.45) is 5.68. The maximum Gasteiger partial charge on any atom is 0.255 e. The number of nitrogens with one attached hydrogen (secondary N) is 2. The largest absolute Gasteiger partial charge is 0.494 e. The van der Waals surface area contributed by atoms with E-state index in [2.05, 4.69) is 22.1 Å². The lowest BCUT2D eigenvalue weighted by atomic mass is 10.0. The Kier molecular flexibility index (Phi) is 5.68. The Morgan fingerprint density at radius 1 is 1.13 bits per heavy atom. The third kappa shape index (κ3) is 4.33. The average molecular weight is 418 g/mol. The van der Waals surface area contributed by atoms with Crippen molar-refractivity contribution in [2.45, 2.75) is 26.2 Å². The molecule has 5 heteroatoms. The number of ether oxygens (including phenoxy) is 1. The monoisotopic (exact) mass is 417 g/mol. The van der Waals surface area contributed by atoms with Gasteiger partial charge in [-0.25, -0.2) is 0 Å². The van der Waals surface area contributed by atoms with Crippen LogP contribution in [-0.2, 0) is 0 Å². The molecule has 2 N–H and O–H groups in total. The number of hydrogen-bond donors (Lipinski definition) is 2. The molecule has 2 aromatic carbocycles. The zero-order valence-corrected chi connectivity index (χ0v) is 18.1. The van der Waals surface area contributed by atoms with Crippen LogP contribution in [-0.4, -0.2) is 42.0 Å². The number of nitrogens with zero attached hydrogens (tertiary/aromatic N) is 1. The number of hydrogen-bond acceptors (Lipinski definition) is 3. The molecule has 1 amide bonds. The van der Waals surface area contributed by atoms with Gasteiger partial charge in [-0.05, 0) is 73.9 Å². The van der Waals surface area contributed by atoms with E-state index in [4.69, 9.17) is 4.74 Å². The molecule has 1 aliphatic carbocycles. The Hall–Kier alpha value is -2.79. The maximum atomic E-state index is 12.5. The maximum absolute atomic E-state index is 12.5. The highest BCUT2D eigenvalue weighted by Gasteiger charge is 2.39. The SMILES string of the molecule is CCN1C[C@H]2C[C@@H](CCOc3ccc4[nH]cc(NC(=O)c5ccccc5)c4c3)C[C@H]2C1. The van der Waals surface area contributed by atoms with Crippen LogP contribution in [0.1, 0.15) is 36.5 Å². The molecule has 5 nitrogen and oxygen atoms in total. The number of aromatic nitrogens is 1. The van der Waals surface area contributed by atoms with Gasteiger partial charge < -0.3 is 19.9 Å². The molecule has 162 valence electrons. The van der Waals surface area contributed by atoms with Crippen LogP contribution >= 0.6 is 0 Å². The molecule has 2 heterocycles. The second-order valence-electron chi connectivity index (χ2n) is 9.08. The normalized spacial score (nSPS) is 23.2. The van der Waals surface area contributed by atoms with Crippen LogP contribution in [0, 0.1) is 17.8 Å². The number of H-pyrrole nitrogens is 1. The van der Waals surface area contributed by atoms with Crippen LogP contribution in [0.15, 0.2) is 54.7 Å². The molecule has 2 aliphatic rings. The van der Waals surface area contributed by atoms with E-state index in [0.717, 1.165) is 53.1 Å². The molecule has 1 saturated heterocycles. The van der Waals surface area contributed by atoms with Crippen molar-refractivity contribution in [2.75, 3.05) is 31.6 Å². The summed E-state index contributed by atoms with van der Waals surface area (Å²) in [5, 5.41) is 3.98. The van der Waals surface area contributed by atoms with E-state index in [1.54, 1.807) is 0 Å².